The summed E-state index contributed by atoms with van der Waals surface area (Å²) >= 11 is 0. The first kappa shape index (κ1) is 14.4. The summed E-state index contributed by atoms with van der Waals surface area (Å²) in [7, 11) is 1.37. The molecule has 4 nitrogen and oxygen atoms in total. The van der Waals surface area contributed by atoms with Gasteiger partial charge < -0.3 is 15.4 Å². The van der Waals surface area contributed by atoms with Crippen LogP contribution in [0.1, 0.15) is 37.0 Å². The third kappa shape index (κ3) is 3.39. The Balaban J connectivity index is 2.98. The Morgan fingerprint density at radius 3 is 2.33 bits per heavy atom. The van der Waals surface area contributed by atoms with Crippen LogP contribution in [0.5, 0.6) is 0 Å². The van der Waals surface area contributed by atoms with Gasteiger partial charge in [-0.05, 0) is 31.0 Å². The molecule has 0 spiro atoms. The monoisotopic (exact) mass is 250 g/mol. The maximum atomic E-state index is 11.4. The van der Waals surface area contributed by atoms with E-state index in [0.717, 1.165) is 31.6 Å². The maximum absolute atomic E-state index is 11.4. The van der Waals surface area contributed by atoms with E-state index in [0.29, 0.717) is 11.3 Å². The molecule has 1 aromatic rings. The van der Waals surface area contributed by atoms with Gasteiger partial charge in [-0.15, -0.1) is 0 Å². The lowest BCUT2D eigenvalue weighted by atomic mass is 10.1. The highest BCUT2D eigenvalue weighted by atomic mass is 16.5. The van der Waals surface area contributed by atoms with Crippen LogP contribution in [0.25, 0.3) is 0 Å². The molecule has 0 heterocycles. The van der Waals surface area contributed by atoms with Gasteiger partial charge in [0.15, 0.2) is 0 Å². The lowest BCUT2D eigenvalue weighted by Gasteiger charge is -2.25. The maximum Gasteiger partial charge on any atom is 0.337 e. The first-order valence-corrected chi connectivity index (χ1v) is 6.36. The third-order valence-corrected chi connectivity index (χ3v) is 2.78. The standard InChI is InChI=1S/C14H22N2O2/c1-4-8-16(9-5-2)13-7-6-11(10-12(13)15)14(17)18-3/h6-7,10H,4-5,8-9,15H2,1-3H3. The Morgan fingerprint density at radius 2 is 1.89 bits per heavy atom. The molecular formula is C14H22N2O2. The summed E-state index contributed by atoms with van der Waals surface area (Å²) in [4.78, 5) is 13.7. The Kier molecular flexibility index (Phi) is 5.49. The molecule has 1 aromatic carbocycles. The summed E-state index contributed by atoms with van der Waals surface area (Å²) in [6, 6.07) is 5.34. The second-order valence-electron chi connectivity index (χ2n) is 4.25. The molecule has 18 heavy (non-hydrogen) atoms. The van der Waals surface area contributed by atoms with E-state index in [1.807, 2.05) is 6.07 Å². The second kappa shape index (κ2) is 6.89. The number of rotatable bonds is 6. The minimum Gasteiger partial charge on any atom is -0.465 e. The summed E-state index contributed by atoms with van der Waals surface area (Å²) in [6.07, 6.45) is 2.14. The number of hydrogen-bond donors (Lipinski definition) is 1. The van der Waals surface area contributed by atoms with Gasteiger partial charge in [-0.2, -0.15) is 0 Å². The minimum absolute atomic E-state index is 0.356. The number of anilines is 2. The van der Waals surface area contributed by atoms with Crippen molar-refractivity contribution in [2.75, 3.05) is 30.8 Å². The largest absolute Gasteiger partial charge is 0.465 e. The Bertz CT molecular complexity index is 399. The molecule has 0 aliphatic heterocycles. The van der Waals surface area contributed by atoms with Crippen LogP contribution in [-0.4, -0.2) is 26.2 Å². The molecule has 0 radical (unpaired) electrons. The van der Waals surface area contributed by atoms with Crippen molar-refractivity contribution < 1.29 is 9.53 Å². The van der Waals surface area contributed by atoms with Crippen LogP contribution in [0.15, 0.2) is 18.2 Å². The summed E-state index contributed by atoms with van der Waals surface area (Å²) in [5.41, 5.74) is 8.13. The number of carbonyl (C=O) groups is 1. The number of benzene rings is 1. The topological polar surface area (TPSA) is 55.6 Å². The molecule has 0 bridgehead atoms. The highest BCUT2D eigenvalue weighted by Crippen LogP contribution is 2.25. The summed E-state index contributed by atoms with van der Waals surface area (Å²) in [6.45, 7) is 6.22. The Morgan fingerprint density at radius 1 is 1.28 bits per heavy atom. The SMILES string of the molecule is CCCN(CCC)c1ccc(C(=O)OC)cc1N. The van der Waals surface area contributed by atoms with Crippen LogP contribution >= 0.6 is 0 Å². The van der Waals surface area contributed by atoms with Crippen molar-refractivity contribution in [3.63, 3.8) is 0 Å². The van der Waals surface area contributed by atoms with Crippen molar-refractivity contribution in [1.29, 1.82) is 0 Å². The number of nitrogens with two attached hydrogens (primary N) is 1. The number of nitrogen functional groups attached to an aromatic ring is 1. The van der Waals surface area contributed by atoms with Gasteiger partial charge in [0.05, 0.1) is 24.0 Å². The normalized spacial score (nSPS) is 10.2. The molecule has 0 aliphatic carbocycles. The van der Waals surface area contributed by atoms with Crippen molar-refractivity contribution in [3.8, 4) is 0 Å². The fraction of sp³-hybridized carbons (Fsp3) is 0.500. The summed E-state index contributed by atoms with van der Waals surface area (Å²) < 4.78 is 4.68. The zero-order chi connectivity index (χ0) is 13.5. The molecule has 0 aromatic heterocycles. The van der Waals surface area contributed by atoms with Crippen molar-refractivity contribution in [2.24, 2.45) is 0 Å². The van der Waals surface area contributed by atoms with Crippen LogP contribution in [0, 0.1) is 0 Å². The van der Waals surface area contributed by atoms with Crippen LogP contribution in [-0.2, 0) is 4.74 Å². The number of esters is 1. The molecule has 100 valence electrons. The summed E-state index contributed by atoms with van der Waals surface area (Å²) in [5, 5.41) is 0. The fourth-order valence-corrected chi connectivity index (χ4v) is 1.98. The van der Waals surface area contributed by atoms with E-state index in [1.54, 1.807) is 12.1 Å². The molecule has 0 saturated carbocycles. The summed E-state index contributed by atoms with van der Waals surface area (Å²) in [5.74, 6) is -0.356. The number of ether oxygens (including phenoxy) is 1. The molecule has 0 amide bonds. The van der Waals surface area contributed by atoms with Crippen molar-refractivity contribution in [3.05, 3.63) is 23.8 Å². The smallest absolute Gasteiger partial charge is 0.337 e. The van der Waals surface area contributed by atoms with E-state index in [1.165, 1.54) is 7.11 Å². The van der Waals surface area contributed by atoms with Crippen LogP contribution < -0.4 is 10.6 Å². The van der Waals surface area contributed by atoms with Crippen LogP contribution in [0.3, 0.4) is 0 Å². The van der Waals surface area contributed by atoms with Gasteiger partial charge in [0.25, 0.3) is 0 Å². The quantitative estimate of drug-likeness (QED) is 0.623. The van der Waals surface area contributed by atoms with E-state index in [4.69, 9.17) is 5.73 Å². The number of nitrogens with zero attached hydrogens (tertiary/aromatic N) is 1. The zero-order valence-corrected chi connectivity index (χ0v) is 11.4. The van der Waals surface area contributed by atoms with Crippen molar-refractivity contribution >= 4 is 17.3 Å². The molecular weight excluding hydrogens is 228 g/mol. The molecule has 0 aliphatic rings. The molecule has 0 unspecified atom stereocenters. The lowest BCUT2D eigenvalue weighted by molar-refractivity contribution is 0.0601. The molecule has 0 atom stereocenters. The van der Waals surface area contributed by atoms with Gasteiger partial charge in [0, 0.05) is 13.1 Å². The first-order chi connectivity index (χ1) is 8.63. The van der Waals surface area contributed by atoms with Crippen molar-refractivity contribution in [2.45, 2.75) is 26.7 Å². The van der Waals surface area contributed by atoms with Gasteiger partial charge in [0.1, 0.15) is 0 Å². The van der Waals surface area contributed by atoms with E-state index in [9.17, 15) is 4.79 Å². The molecule has 2 N–H and O–H groups in total. The predicted octanol–water partition coefficient (Wildman–Crippen LogP) is 2.68. The van der Waals surface area contributed by atoms with Crippen LogP contribution in [0.4, 0.5) is 11.4 Å². The Labute approximate surface area is 109 Å². The average molecular weight is 250 g/mol. The first-order valence-electron chi connectivity index (χ1n) is 6.36. The zero-order valence-electron chi connectivity index (χ0n) is 11.4. The molecule has 4 heteroatoms. The van der Waals surface area contributed by atoms with Crippen molar-refractivity contribution in [1.82, 2.24) is 0 Å². The predicted molar refractivity (Wildman–Crippen MR) is 75.0 cm³/mol. The van der Waals surface area contributed by atoms with Gasteiger partial charge >= 0.3 is 5.97 Å². The van der Waals surface area contributed by atoms with Crippen LogP contribution in [0.2, 0.25) is 0 Å². The highest BCUT2D eigenvalue weighted by molar-refractivity contribution is 5.91. The highest BCUT2D eigenvalue weighted by Gasteiger charge is 2.12. The van der Waals surface area contributed by atoms with Gasteiger partial charge in [-0.1, -0.05) is 13.8 Å². The number of hydrogen-bond acceptors (Lipinski definition) is 4. The molecule has 0 saturated heterocycles. The Hall–Kier alpha value is -1.71. The van der Waals surface area contributed by atoms with Gasteiger partial charge in [-0.3, -0.25) is 0 Å². The van der Waals surface area contributed by atoms with E-state index in [-0.39, 0.29) is 5.97 Å². The van der Waals surface area contributed by atoms with E-state index in [2.05, 4.69) is 23.5 Å². The second-order valence-corrected chi connectivity index (χ2v) is 4.25. The minimum atomic E-state index is -0.356. The van der Waals surface area contributed by atoms with E-state index >= 15 is 0 Å². The molecule has 1 rings (SSSR count). The lowest BCUT2D eigenvalue weighted by Crippen LogP contribution is -2.25. The van der Waals surface area contributed by atoms with E-state index < -0.39 is 0 Å². The molecule has 0 fully saturated rings. The number of methoxy groups -OCH3 is 1. The number of carbonyl (C=O) groups excluding carboxylic acids is 1. The van der Waals surface area contributed by atoms with Gasteiger partial charge in [-0.25, -0.2) is 4.79 Å². The van der Waals surface area contributed by atoms with Gasteiger partial charge in [0.2, 0.25) is 0 Å². The third-order valence-electron chi connectivity index (χ3n) is 2.78. The average Bonchev–Trinajstić information content (AvgIpc) is 2.37. The fourth-order valence-electron chi connectivity index (χ4n) is 1.98.